The number of carbonyl (C=O) groups excluding carboxylic acids is 1. The Labute approximate surface area is 47.9 Å². The van der Waals surface area contributed by atoms with E-state index in [1.165, 1.54) is 0 Å². The summed E-state index contributed by atoms with van der Waals surface area (Å²) in [5.41, 5.74) is 0. The molecule has 1 radical (unpaired) electrons. The Hall–Kier alpha value is -0.410. The molecule has 3 nitrogen and oxygen atoms in total. The van der Waals surface area contributed by atoms with Gasteiger partial charge in [0.2, 0.25) is 6.29 Å². The second-order valence-electron chi connectivity index (χ2n) is 1.99. The van der Waals surface area contributed by atoms with Gasteiger partial charge in [-0.25, -0.2) is 0 Å². The number of nitrogens with zero attached hydrogens (tertiary/aromatic N) is 1. The van der Waals surface area contributed by atoms with Crippen molar-refractivity contribution < 1.29 is 9.90 Å². The van der Waals surface area contributed by atoms with Crippen LogP contribution in [0, 0.1) is 0 Å². The lowest BCUT2D eigenvalue weighted by Crippen LogP contribution is -2.51. The number of β-amino-alcohol motifs (C(OH)–C–C–N with tert-alkyl or cyclic N) is 1. The van der Waals surface area contributed by atoms with E-state index in [0.29, 0.717) is 19.6 Å². The van der Waals surface area contributed by atoms with Crippen LogP contribution in [0.4, 0.5) is 0 Å². The first-order valence-electron chi connectivity index (χ1n) is 2.58. The monoisotopic (exact) mass is 114 g/mol. The van der Waals surface area contributed by atoms with Gasteiger partial charge in [0, 0.05) is 13.1 Å². The van der Waals surface area contributed by atoms with Crippen LogP contribution in [0.1, 0.15) is 0 Å². The van der Waals surface area contributed by atoms with Gasteiger partial charge in [-0.1, -0.05) is 0 Å². The molecule has 1 aliphatic heterocycles. The summed E-state index contributed by atoms with van der Waals surface area (Å²) in [6.07, 6.45) is 1.55. The first-order valence-corrected chi connectivity index (χ1v) is 2.58. The molecular weight excluding hydrogens is 106 g/mol. The Bertz CT molecular complexity index is 88.4. The Morgan fingerprint density at radius 3 is 2.75 bits per heavy atom. The molecule has 0 spiro atoms. The highest BCUT2D eigenvalue weighted by Gasteiger charge is 2.22. The predicted octanol–water partition coefficient (Wildman–Crippen LogP) is -1.23. The van der Waals surface area contributed by atoms with E-state index in [0.717, 1.165) is 0 Å². The van der Waals surface area contributed by atoms with Crippen LogP contribution >= 0.6 is 0 Å². The van der Waals surface area contributed by atoms with Gasteiger partial charge in [0.05, 0.1) is 12.6 Å². The van der Waals surface area contributed by atoms with Crippen LogP contribution in [0.5, 0.6) is 0 Å². The van der Waals surface area contributed by atoms with E-state index in [9.17, 15) is 4.79 Å². The molecule has 0 aromatic heterocycles. The van der Waals surface area contributed by atoms with Crippen molar-refractivity contribution >= 4 is 6.29 Å². The van der Waals surface area contributed by atoms with Crippen molar-refractivity contribution in [3.8, 4) is 0 Å². The van der Waals surface area contributed by atoms with Crippen LogP contribution in [-0.4, -0.2) is 42.0 Å². The highest BCUT2D eigenvalue weighted by atomic mass is 16.3. The summed E-state index contributed by atoms with van der Waals surface area (Å²) < 4.78 is 0. The van der Waals surface area contributed by atoms with Gasteiger partial charge in [-0.3, -0.25) is 9.69 Å². The maximum atomic E-state index is 9.67. The summed E-state index contributed by atoms with van der Waals surface area (Å²) >= 11 is 0. The summed E-state index contributed by atoms with van der Waals surface area (Å²) in [6, 6.07) is 0. The number of rotatable bonds is 2. The number of aliphatic hydroxyl groups is 1. The third-order valence-corrected chi connectivity index (χ3v) is 1.23. The van der Waals surface area contributed by atoms with Crippen LogP contribution in [-0.2, 0) is 4.79 Å². The fourth-order valence-electron chi connectivity index (χ4n) is 0.763. The van der Waals surface area contributed by atoms with Crippen molar-refractivity contribution in [3.63, 3.8) is 0 Å². The molecule has 45 valence electrons. The summed E-state index contributed by atoms with van der Waals surface area (Å²) in [6.45, 7) is 1.61. The van der Waals surface area contributed by atoms with E-state index < -0.39 is 0 Å². The summed E-state index contributed by atoms with van der Waals surface area (Å²) in [5.74, 6) is 0. The van der Waals surface area contributed by atoms with E-state index in [1.54, 1.807) is 6.29 Å². The molecule has 0 amide bonds. The van der Waals surface area contributed by atoms with Crippen molar-refractivity contribution in [1.82, 2.24) is 4.90 Å². The van der Waals surface area contributed by atoms with Crippen molar-refractivity contribution in [1.29, 1.82) is 0 Å². The largest absolute Gasteiger partial charge is 0.390 e. The standard InChI is InChI=1S/C5H8NO2/c7-2-1-6-3-5(8)4-6/h5,8H,1,3-4H2. The minimum Gasteiger partial charge on any atom is -0.390 e. The molecule has 1 saturated heterocycles. The molecule has 3 heteroatoms. The zero-order valence-electron chi connectivity index (χ0n) is 4.50. The molecule has 1 N–H and O–H groups in total. The lowest BCUT2D eigenvalue weighted by atomic mass is 10.2. The second kappa shape index (κ2) is 2.24. The number of hydrogen-bond acceptors (Lipinski definition) is 3. The lowest BCUT2D eigenvalue weighted by molar-refractivity contribution is 0.0122. The first-order chi connectivity index (χ1) is 3.83. The SMILES string of the molecule is O=[C]CN1CC(O)C1. The maximum Gasteiger partial charge on any atom is 0.213 e. The van der Waals surface area contributed by atoms with Crippen molar-refractivity contribution in [2.45, 2.75) is 6.10 Å². The highest BCUT2D eigenvalue weighted by molar-refractivity contribution is 5.53. The zero-order valence-corrected chi connectivity index (χ0v) is 4.50. The molecule has 8 heavy (non-hydrogen) atoms. The molecule has 1 heterocycles. The van der Waals surface area contributed by atoms with E-state index in [2.05, 4.69) is 0 Å². The summed E-state index contributed by atoms with van der Waals surface area (Å²) in [4.78, 5) is 11.5. The van der Waals surface area contributed by atoms with Gasteiger partial charge in [0.25, 0.3) is 0 Å². The van der Waals surface area contributed by atoms with E-state index in [4.69, 9.17) is 5.11 Å². The average molecular weight is 114 g/mol. The fourth-order valence-corrected chi connectivity index (χ4v) is 0.763. The third-order valence-electron chi connectivity index (χ3n) is 1.23. The quantitative estimate of drug-likeness (QED) is 0.489. The maximum absolute atomic E-state index is 9.67. The van der Waals surface area contributed by atoms with Gasteiger partial charge in [-0.05, 0) is 0 Å². The van der Waals surface area contributed by atoms with E-state index in [1.807, 2.05) is 4.90 Å². The molecular formula is C5H8NO2. The predicted molar refractivity (Wildman–Crippen MR) is 28.1 cm³/mol. The Morgan fingerprint density at radius 2 is 2.38 bits per heavy atom. The molecule has 1 fully saturated rings. The first kappa shape index (κ1) is 5.72. The van der Waals surface area contributed by atoms with Gasteiger partial charge in [-0.15, -0.1) is 0 Å². The molecule has 0 aromatic rings. The van der Waals surface area contributed by atoms with Crippen LogP contribution < -0.4 is 0 Å². The fraction of sp³-hybridized carbons (Fsp3) is 0.800. The molecule has 0 unspecified atom stereocenters. The topological polar surface area (TPSA) is 40.5 Å². The smallest absolute Gasteiger partial charge is 0.213 e. The zero-order chi connectivity index (χ0) is 5.98. The van der Waals surface area contributed by atoms with Crippen LogP contribution in [0.15, 0.2) is 0 Å². The normalized spacial score (nSPS) is 22.6. The van der Waals surface area contributed by atoms with Gasteiger partial charge >= 0.3 is 0 Å². The summed E-state index contributed by atoms with van der Waals surface area (Å²) in [5, 5.41) is 8.67. The highest BCUT2D eigenvalue weighted by Crippen LogP contribution is 2.03. The van der Waals surface area contributed by atoms with Gasteiger partial charge in [-0.2, -0.15) is 0 Å². The second-order valence-corrected chi connectivity index (χ2v) is 1.99. The van der Waals surface area contributed by atoms with E-state index in [-0.39, 0.29) is 6.10 Å². The van der Waals surface area contributed by atoms with Crippen LogP contribution in [0.3, 0.4) is 0 Å². The van der Waals surface area contributed by atoms with Crippen molar-refractivity contribution in [2.75, 3.05) is 19.6 Å². The lowest BCUT2D eigenvalue weighted by Gasteiger charge is -2.33. The Kier molecular flexibility index (Phi) is 1.60. The van der Waals surface area contributed by atoms with Gasteiger partial charge in [0.1, 0.15) is 0 Å². The number of aliphatic hydroxyl groups excluding tert-OH is 1. The number of hydrogen-bond donors (Lipinski definition) is 1. The van der Waals surface area contributed by atoms with Crippen molar-refractivity contribution in [3.05, 3.63) is 0 Å². The molecule has 0 atom stereocenters. The molecule has 0 saturated carbocycles. The minimum absolute atomic E-state index is 0.205. The van der Waals surface area contributed by atoms with Crippen molar-refractivity contribution in [2.24, 2.45) is 0 Å². The molecule has 0 aliphatic carbocycles. The van der Waals surface area contributed by atoms with Crippen LogP contribution in [0.2, 0.25) is 0 Å². The van der Waals surface area contributed by atoms with Gasteiger partial charge in [0.15, 0.2) is 0 Å². The average Bonchev–Trinajstić information content (AvgIpc) is 1.64. The Balaban J connectivity index is 2.06. The van der Waals surface area contributed by atoms with E-state index >= 15 is 0 Å². The Morgan fingerprint density at radius 1 is 1.75 bits per heavy atom. The molecule has 1 aliphatic rings. The third kappa shape index (κ3) is 1.05. The number of likely N-dealkylation sites (tertiary alicyclic amines) is 1. The molecule has 0 aromatic carbocycles. The molecule has 0 bridgehead atoms. The minimum atomic E-state index is -0.205. The van der Waals surface area contributed by atoms with Gasteiger partial charge < -0.3 is 5.11 Å². The van der Waals surface area contributed by atoms with Crippen LogP contribution in [0.25, 0.3) is 0 Å². The molecule has 1 rings (SSSR count). The summed E-state index contributed by atoms with van der Waals surface area (Å²) in [7, 11) is 0.